The van der Waals surface area contributed by atoms with Crippen LogP contribution in [0.15, 0.2) is 36.4 Å². The van der Waals surface area contributed by atoms with E-state index < -0.39 is 0 Å². The maximum atomic E-state index is 11.7. The van der Waals surface area contributed by atoms with Gasteiger partial charge in [-0.05, 0) is 24.5 Å². The number of hydrogen-bond acceptors (Lipinski definition) is 3. The second-order valence-electron chi connectivity index (χ2n) is 5.73. The molecule has 1 aliphatic rings. The lowest BCUT2D eigenvalue weighted by molar-refractivity contribution is -0.139. The molecule has 1 saturated heterocycles. The monoisotopic (exact) mass is 314 g/mol. The van der Waals surface area contributed by atoms with E-state index in [0.717, 1.165) is 12.0 Å². The summed E-state index contributed by atoms with van der Waals surface area (Å²) in [6.45, 7) is 2.75. The van der Waals surface area contributed by atoms with Gasteiger partial charge in [-0.15, -0.1) is 0 Å². The van der Waals surface area contributed by atoms with Gasteiger partial charge in [0, 0.05) is 31.5 Å². The Balaban J connectivity index is 1.62. The number of carbonyl (C=O) groups is 3. The number of unbranched alkanes of at least 4 members (excludes halogenated alkanes) is 1. The SMILES string of the molecule is C[C@@H]1CC(=O)N(CCCCNC(=O)/C=C/c2ccccc2)C1=O. The summed E-state index contributed by atoms with van der Waals surface area (Å²) >= 11 is 0. The van der Waals surface area contributed by atoms with Gasteiger partial charge in [-0.1, -0.05) is 37.3 Å². The van der Waals surface area contributed by atoms with E-state index in [2.05, 4.69) is 5.32 Å². The fraction of sp³-hybridized carbons (Fsp3) is 0.389. The van der Waals surface area contributed by atoms with Gasteiger partial charge in [-0.2, -0.15) is 0 Å². The lowest BCUT2D eigenvalue weighted by atomic mass is 10.1. The van der Waals surface area contributed by atoms with Crippen LogP contribution in [0.3, 0.4) is 0 Å². The van der Waals surface area contributed by atoms with E-state index in [0.29, 0.717) is 25.9 Å². The summed E-state index contributed by atoms with van der Waals surface area (Å²) in [5.74, 6) is -0.497. The van der Waals surface area contributed by atoms with E-state index >= 15 is 0 Å². The summed E-state index contributed by atoms with van der Waals surface area (Å²) in [6.07, 6.45) is 5.02. The minimum Gasteiger partial charge on any atom is -0.353 e. The molecule has 1 aromatic carbocycles. The second-order valence-corrected chi connectivity index (χ2v) is 5.73. The molecular formula is C18H22N2O3. The van der Waals surface area contributed by atoms with Crippen molar-refractivity contribution in [1.29, 1.82) is 0 Å². The lowest BCUT2D eigenvalue weighted by Crippen LogP contribution is -2.32. The number of nitrogens with one attached hydrogen (secondary N) is 1. The third-order valence-corrected chi connectivity index (χ3v) is 3.80. The lowest BCUT2D eigenvalue weighted by Gasteiger charge is -2.13. The van der Waals surface area contributed by atoms with Crippen LogP contribution < -0.4 is 5.32 Å². The highest BCUT2D eigenvalue weighted by Gasteiger charge is 2.34. The quantitative estimate of drug-likeness (QED) is 0.475. The molecule has 1 heterocycles. The van der Waals surface area contributed by atoms with Crippen molar-refractivity contribution in [3.63, 3.8) is 0 Å². The molecule has 2 rings (SSSR count). The number of benzene rings is 1. The van der Waals surface area contributed by atoms with Gasteiger partial charge in [-0.3, -0.25) is 19.3 Å². The zero-order valence-electron chi connectivity index (χ0n) is 13.3. The van der Waals surface area contributed by atoms with Gasteiger partial charge in [0.1, 0.15) is 0 Å². The Morgan fingerprint density at radius 1 is 1.26 bits per heavy atom. The molecule has 3 amide bonds. The molecule has 5 nitrogen and oxygen atoms in total. The van der Waals surface area contributed by atoms with Crippen LogP contribution in [0.1, 0.15) is 31.7 Å². The summed E-state index contributed by atoms with van der Waals surface area (Å²) < 4.78 is 0. The number of likely N-dealkylation sites (tertiary alicyclic amines) is 1. The Morgan fingerprint density at radius 3 is 2.65 bits per heavy atom. The first-order valence-corrected chi connectivity index (χ1v) is 7.93. The van der Waals surface area contributed by atoms with Gasteiger partial charge >= 0.3 is 0 Å². The zero-order chi connectivity index (χ0) is 16.7. The number of hydrogen-bond donors (Lipinski definition) is 1. The van der Waals surface area contributed by atoms with Crippen LogP contribution in [-0.4, -0.2) is 35.7 Å². The molecule has 0 aliphatic carbocycles. The van der Waals surface area contributed by atoms with Crippen LogP contribution in [0.4, 0.5) is 0 Å². The van der Waals surface area contributed by atoms with Gasteiger partial charge in [0.2, 0.25) is 17.7 Å². The molecule has 1 fully saturated rings. The van der Waals surface area contributed by atoms with Gasteiger partial charge < -0.3 is 5.32 Å². The Bertz CT molecular complexity index is 596. The molecule has 1 N–H and O–H groups in total. The largest absolute Gasteiger partial charge is 0.353 e. The van der Waals surface area contributed by atoms with Crippen LogP contribution in [0.5, 0.6) is 0 Å². The summed E-state index contributed by atoms with van der Waals surface area (Å²) in [7, 11) is 0. The third-order valence-electron chi connectivity index (χ3n) is 3.80. The molecule has 1 atom stereocenters. The number of rotatable bonds is 7. The Labute approximate surface area is 136 Å². The Hall–Kier alpha value is -2.43. The van der Waals surface area contributed by atoms with Crippen LogP contribution >= 0.6 is 0 Å². The van der Waals surface area contributed by atoms with Crippen molar-refractivity contribution in [2.24, 2.45) is 5.92 Å². The smallest absolute Gasteiger partial charge is 0.243 e. The van der Waals surface area contributed by atoms with Crippen molar-refractivity contribution in [2.45, 2.75) is 26.2 Å². The van der Waals surface area contributed by atoms with Crippen molar-refractivity contribution >= 4 is 23.8 Å². The molecule has 0 unspecified atom stereocenters. The fourth-order valence-corrected chi connectivity index (χ4v) is 2.48. The van der Waals surface area contributed by atoms with Crippen molar-refractivity contribution < 1.29 is 14.4 Å². The predicted molar refractivity (Wildman–Crippen MR) is 88.2 cm³/mol. The molecule has 0 aromatic heterocycles. The molecule has 1 aliphatic heterocycles. The zero-order valence-corrected chi connectivity index (χ0v) is 13.3. The first-order valence-electron chi connectivity index (χ1n) is 7.93. The molecular weight excluding hydrogens is 292 g/mol. The molecule has 0 bridgehead atoms. The number of amides is 3. The maximum Gasteiger partial charge on any atom is 0.243 e. The molecule has 0 radical (unpaired) electrons. The van der Waals surface area contributed by atoms with Gasteiger partial charge in [0.25, 0.3) is 0 Å². The topological polar surface area (TPSA) is 66.5 Å². The second kappa shape index (κ2) is 8.27. The highest BCUT2D eigenvalue weighted by atomic mass is 16.2. The van der Waals surface area contributed by atoms with Crippen molar-refractivity contribution in [1.82, 2.24) is 10.2 Å². The van der Waals surface area contributed by atoms with Crippen LogP contribution in [0, 0.1) is 5.92 Å². The molecule has 5 heteroatoms. The van der Waals surface area contributed by atoms with E-state index in [1.807, 2.05) is 30.3 Å². The van der Waals surface area contributed by atoms with Crippen molar-refractivity contribution in [3.05, 3.63) is 42.0 Å². The maximum absolute atomic E-state index is 11.7. The van der Waals surface area contributed by atoms with E-state index in [-0.39, 0.29) is 23.6 Å². The average Bonchev–Trinajstić information content (AvgIpc) is 2.79. The van der Waals surface area contributed by atoms with E-state index in [1.165, 1.54) is 11.0 Å². The third kappa shape index (κ3) is 5.06. The number of carbonyl (C=O) groups excluding carboxylic acids is 3. The summed E-state index contributed by atoms with van der Waals surface area (Å²) in [6, 6.07) is 9.61. The first-order chi connectivity index (χ1) is 11.1. The average molecular weight is 314 g/mol. The van der Waals surface area contributed by atoms with Crippen LogP contribution in [-0.2, 0) is 14.4 Å². The first kappa shape index (κ1) is 16.9. The molecule has 23 heavy (non-hydrogen) atoms. The number of nitrogens with zero attached hydrogens (tertiary/aromatic N) is 1. The van der Waals surface area contributed by atoms with Crippen molar-refractivity contribution in [3.8, 4) is 0 Å². The van der Waals surface area contributed by atoms with E-state index in [9.17, 15) is 14.4 Å². The highest BCUT2D eigenvalue weighted by molar-refractivity contribution is 6.03. The van der Waals surface area contributed by atoms with Crippen LogP contribution in [0.2, 0.25) is 0 Å². The highest BCUT2D eigenvalue weighted by Crippen LogP contribution is 2.18. The standard InChI is InChI=1S/C18H22N2O3/c1-14-13-17(22)20(18(14)23)12-6-5-11-19-16(21)10-9-15-7-3-2-4-8-15/h2-4,7-10,14H,5-6,11-13H2,1H3,(H,19,21)/b10-9+/t14-/m1/s1. The van der Waals surface area contributed by atoms with Gasteiger partial charge in [0.05, 0.1) is 0 Å². The Morgan fingerprint density at radius 2 is 2.00 bits per heavy atom. The van der Waals surface area contributed by atoms with Gasteiger partial charge in [-0.25, -0.2) is 0 Å². The Kier molecular flexibility index (Phi) is 6.09. The molecule has 0 saturated carbocycles. The van der Waals surface area contributed by atoms with Crippen LogP contribution in [0.25, 0.3) is 6.08 Å². The predicted octanol–water partition coefficient (Wildman–Crippen LogP) is 1.99. The summed E-state index contributed by atoms with van der Waals surface area (Å²) in [5, 5.41) is 2.80. The molecule has 1 aromatic rings. The molecule has 122 valence electrons. The number of imide groups is 1. The fourth-order valence-electron chi connectivity index (χ4n) is 2.48. The minimum absolute atomic E-state index is 0.0789. The van der Waals surface area contributed by atoms with Crippen molar-refractivity contribution in [2.75, 3.05) is 13.1 Å². The molecule has 0 spiro atoms. The van der Waals surface area contributed by atoms with E-state index in [4.69, 9.17) is 0 Å². The van der Waals surface area contributed by atoms with E-state index in [1.54, 1.807) is 13.0 Å². The minimum atomic E-state index is -0.190. The summed E-state index contributed by atoms with van der Waals surface area (Å²) in [4.78, 5) is 36.3. The van der Waals surface area contributed by atoms with Gasteiger partial charge in [0.15, 0.2) is 0 Å². The normalized spacial score (nSPS) is 18.0. The summed E-state index contributed by atoms with van der Waals surface area (Å²) in [5.41, 5.74) is 0.975.